The highest BCUT2D eigenvalue weighted by molar-refractivity contribution is 6.30. The topological polar surface area (TPSA) is 97.2 Å². The van der Waals surface area contributed by atoms with E-state index in [9.17, 15) is 0 Å². The van der Waals surface area contributed by atoms with Crippen LogP contribution in [0.4, 0.5) is 0 Å². The number of nitrogens with one attached hydrogen (secondary N) is 2. The molecular formula is C23H30ClN7. The van der Waals surface area contributed by atoms with Gasteiger partial charge < -0.3 is 20.9 Å². The molecule has 3 heterocycles. The lowest BCUT2D eigenvalue weighted by Gasteiger charge is -2.21. The van der Waals surface area contributed by atoms with Crippen LogP contribution in [0.2, 0.25) is 5.02 Å². The van der Waals surface area contributed by atoms with E-state index in [4.69, 9.17) is 23.2 Å². The van der Waals surface area contributed by atoms with E-state index in [1.165, 1.54) is 11.1 Å². The molecule has 1 fully saturated rings. The molecule has 164 valence electrons. The fraction of sp³-hybridized carbons (Fsp3) is 0.348. The Morgan fingerprint density at radius 2 is 2.06 bits per heavy atom. The number of benzene rings is 1. The van der Waals surface area contributed by atoms with Crippen LogP contribution in [-0.4, -0.2) is 46.8 Å². The summed E-state index contributed by atoms with van der Waals surface area (Å²) in [6.07, 6.45) is 12.9. The molecule has 1 aromatic heterocycles. The molecule has 0 amide bonds. The smallest absolute Gasteiger partial charge is 0.0946 e. The lowest BCUT2D eigenvalue weighted by molar-refractivity contribution is 0.248. The Bertz CT molecular complexity index is 1000. The number of fused-ring (bicyclic) bond motifs is 2. The molecule has 2 unspecified atom stereocenters. The maximum Gasteiger partial charge on any atom is 0.0946 e. The normalized spacial score (nSPS) is 21.4. The van der Waals surface area contributed by atoms with Crippen molar-refractivity contribution >= 4 is 17.2 Å². The van der Waals surface area contributed by atoms with Gasteiger partial charge in [0.25, 0.3) is 0 Å². The zero-order chi connectivity index (χ0) is 21.8. The molecule has 7 nitrogen and oxygen atoms in total. The number of nitrogens with two attached hydrogens (primary N) is 2. The van der Waals surface area contributed by atoms with E-state index in [2.05, 4.69) is 33.8 Å². The summed E-state index contributed by atoms with van der Waals surface area (Å²) in [7, 11) is 1.96. The summed E-state index contributed by atoms with van der Waals surface area (Å²) in [5.41, 5.74) is 12.3. The van der Waals surface area contributed by atoms with Crippen LogP contribution in [0.1, 0.15) is 22.9 Å². The molecule has 2 aromatic rings. The Kier molecular flexibility index (Phi) is 6.89. The molecule has 2 atom stereocenters. The summed E-state index contributed by atoms with van der Waals surface area (Å²) >= 11 is 6.28. The highest BCUT2D eigenvalue weighted by Gasteiger charge is 2.26. The van der Waals surface area contributed by atoms with Gasteiger partial charge in [-0.2, -0.15) is 0 Å². The van der Waals surface area contributed by atoms with Crippen LogP contribution >= 0.6 is 11.6 Å². The van der Waals surface area contributed by atoms with Crippen LogP contribution in [0.25, 0.3) is 5.57 Å². The van der Waals surface area contributed by atoms with E-state index in [0.717, 1.165) is 54.5 Å². The van der Waals surface area contributed by atoms with Gasteiger partial charge in [0.15, 0.2) is 0 Å². The molecule has 0 bridgehead atoms. The van der Waals surface area contributed by atoms with Crippen molar-refractivity contribution in [2.45, 2.75) is 18.5 Å². The first-order chi connectivity index (χ1) is 15.0. The summed E-state index contributed by atoms with van der Waals surface area (Å²) in [4.78, 5) is 4.21. The van der Waals surface area contributed by atoms with Crippen LogP contribution in [0.5, 0.6) is 0 Å². The van der Waals surface area contributed by atoms with Crippen LogP contribution in [0.3, 0.4) is 0 Å². The Labute approximate surface area is 188 Å². The molecule has 2 aliphatic heterocycles. The molecule has 5 rings (SSSR count). The van der Waals surface area contributed by atoms with Gasteiger partial charge in [-0.3, -0.25) is 5.84 Å². The first kappa shape index (κ1) is 21.8. The molecule has 31 heavy (non-hydrogen) atoms. The van der Waals surface area contributed by atoms with Crippen molar-refractivity contribution in [3.63, 3.8) is 0 Å². The number of hydrazine groups is 1. The van der Waals surface area contributed by atoms with Gasteiger partial charge in [0.2, 0.25) is 0 Å². The third-order valence-electron chi connectivity index (χ3n) is 5.87. The van der Waals surface area contributed by atoms with E-state index in [0.29, 0.717) is 0 Å². The van der Waals surface area contributed by atoms with E-state index in [1.807, 2.05) is 47.2 Å². The first-order valence-corrected chi connectivity index (χ1v) is 11.0. The number of rotatable bonds is 2. The lowest BCUT2D eigenvalue weighted by Crippen LogP contribution is -2.47. The number of imidazole rings is 1. The summed E-state index contributed by atoms with van der Waals surface area (Å²) in [5, 5.41) is 9.18. The number of aryl methyl sites for hydroxylation is 1. The number of nitrogens with zero attached hydrogens (tertiary/aromatic N) is 3. The van der Waals surface area contributed by atoms with E-state index >= 15 is 0 Å². The van der Waals surface area contributed by atoms with Gasteiger partial charge >= 0.3 is 0 Å². The molecule has 0 spiro atoms. The Hall–Kier alpha value is -2.42. The molecular weight excluding hydrogens is 410 g/mol. The Balaban J connectivity index is 0.000000282. The van der Waals surface area contributed by atoms with Gasteiger partial charge in [-0.25, -0.2) is 9.99 Å². The van der Waals surface area contributed by atoms with Gasteiger partial charge in [0.05, 0.1) is 30.3 Å². The first-order valence-electron chi connectivity index (χ1n) is 10.6. The summed E-state index contributed by atoms with van der Waals surface area (Å²) in [6.45, 7) is 4.05. The van der Waals surface area contributed by atoms with Crippen LogP contribution in [-0.2, 0) is 13.5 Å². The van der Waals surface area contributed by atoms with Gasteiger partial charge in [0, 0.05) is 38.2 Å². The monoisotopic (exact) mass is 439 g/mol. The van der Waals surface area contributed by atoms with E-state index in [-0.39, 0.29) is 12.1 Å². The highest BCUT2D eigenvalue weighted by atomic mass is 35.5. The van der Waals surface area contributed by atoms with Crippen molar-refractivity contribution in [1.29, 1.82) is 0 Å². The number of hydrogen-bond acceptors (Lipinski definition) is 6. The standard InChI is InChI=1S/C19H19ClN4.C4H11N3/c1-24-11-22-10-18(24)19(21)16-7-13-3-2-6-23-17(13)8-12-4-5-14(20)9-15(12)16;5-7-3-1-6-2-4-7/h2-7,9-11,17,19,23H,8,21H2,1H3;6H,1-5H2. The minimum atomic E-state index is -0.264. The predicted octanol–water partition coefficient (Wildman–Crippen LogP) is 1.89. The molecule has 0 radical (unpaired) electrons. The second-order valence-corrected chi connectivity index (χ2v) is 8.48. The summed E-state index contributed by atoms with van der Waals surface area (Å²) in [5.74, 6) is 5.43. The maximum atomic E-state index is 6.63. The highest BCUT2D eigenvalue weighted by Crippen LogP contribution is 2.37. The molecule has 6 N–H and O–H groups in total. The molecule has 8 heteroatoms. The number of hydrogen-bond donors (Lipinski definition) is 4. The van der Waals surface area contributed by atoms with Gasteiger partial charge in [-0.15, -0.1) is 0 Å². The van der Waals surface area contributed by atoms with Gasteiger partial charge in [0.1, 0.15) is 0 Å². The number of allylic oxidation sites excluding steroid dienone is 2. The number of aromatic nitrogens is 2. The largest absolute Gasteiger partial charge is 0.384 e. The average molecular weight is 440 g/mol. The number of piperazine rings is 1. The van der Waals surface area contributed by atoms with Crippen molar-refractivity contribution in [3.8, 4) is 0 Å². The molecule has 1 saturated heterocycles. The second-order valence-electron chi connectivity index (χ2n) is 8.04. The average Bonchev–Trinajstić information content (AvgIpc) is 3.13. The minimum absolute atomic E-state index is 0.256. The fourth-order valence-corrected chi connectivity index (χ4v) is 4.28. The van der Waals surface area contributed by atoms with Crippen molar-refractivity contribution in [2.75, 3.05) is 26.2 Å². The molecule has 3 aliphatic rings. The zero-order valence-electron chi connectivity index (χ0n) is 17.8. The van der Waals surface area contributed by atoms with Crippen molar-refractivity contribution in [3.05, 3.63) is 82.6 Å². The maximum absolute atomic E-state index is 6.63. The summed E-state index contributed by atoms with van der Waals surface area (Å²) in [6, 6.07) is 6.06. The Morgan fingerprint density at radius 1 is 1.26 bits per heavy atom. The molecule has 0 saturated carbocycles. The zero-order valence-corrected chi connectivity index (χ0v) is 18.5. The van der Waals surface area contributed by atoms with Crippen molar-refractivity contribution in [1.82, 2.24) is 25.2 Å². The second kappa shape index (κ2) is 9.80. The molecule has 1 aliphatic carbocycles. The van der Waals surface area contributed by atoms with Gasteiger partial charge in [-0.1, -0.05) is 29.8 Å². The Morgan fingerprint density at radius 3 is 2.74 bits per heavy atom. The van der Waals surface area contributed by atoms with Crippen LogP contribution < -0.4 is 22.2 Å². The molecule has 1 aromatic carbocycles. The van der Waals surface area contributed by atoms with Crippen molar-refractivity contribution in [2.24, 2.45) is 18.6 Å². The predicted molar refractivity (Wildman–Crippen MR) is 126 cm³/mol. The minimum Gasteiger partial charge on any atom is -0.384 e. The number of dihydropyridines is 1. The number of halogens is 1. The quantitative estimate of drug-likeness (QED) is 0.533. The van der Waals surface area contributed by atoms with Crippen LogP contribution in [0, 0.1) is 0 Å². The summed E-state index contributed by atoms with van der Waals surface area (Å²) < 4.78 is 1.96. The van der Waals surface area contributed by atoms with E-state index in [1.54, 1.807) is 6.33 Å². The third-order valence-corrected chi connectivity index (χ3v) is 6.11. The SMILES string of the molecule is Cn1cncc1C(N)C1=CC2=CC=CNC2Cc2ccc(Cl)cc21.NN1CCNCC1. The third kappa shape index (κ3) is 5.08. The lowest BCUT2D eigenvalue weighted by atomic mass is 9.93. The van der Waals surface area contributed by atoms with Crippen molar-refractivity contribution < 1.29 is 0 Å². The fourth-order valence-electron chi connectivity index (χ4n) is 4.11. The van der Waals surface area contributed by atoms with E-state index < -0.39 is 0 Å². The van der Waals surface area contributed by atoms with Crippen LogP contribution in [0.15, 0.2) is 60.7 Å². The van der Waals surface area contributed by atoms with Gasteiger partial charge in [-0.05, 0) is 53.1 Å².